The Morgan fingerprint density at radius 3 is 2.32 bits per heavy atom. The first-order valence-electron chi connectivity index (χ1n) is 22.5. The molecule has 0 bridgehead atoms. The zero-order valence-corrected chi connectivity index (χ0v) is 37.9. The fraction of sp³-hybridized carbons (Fsp3) is 0.117. The summed E-state index contributed by atoms with van der Waals surface area (Å²) < 4.78 is 13.6. The lowest BCUT2D eigenvalue weighted by atomic mass is 9.79. The van der Waals surface area contributed by atoms with Gasteiger partial charge in [-0.25, -0.2) is 15.0 Å². The number of para-hydroxylation sites is 1. The highest BCUT2D eigenvalue weighted by atomic mass is 32.1. The Kier molecular flexibility index (Phi) is 12.3. The minimum atomic E-state index is 0.310. The van der Waals surface area contributed by atoms with Crippen LogP contribution in [-0.2, 0) is 6.42 Å². The van der Waals surface area contributed by atoms with Crippen LogP contribution < -0.4 is 4.74 Å². The van der Waals surface area contributed by atoms with E-state index in [1.165, 1.54) is 21.2 Å². The van der Waals surface area contributed by atoms with E-state index in [0.717, 1.165) is 79.2 Å². The van der Waals surface area contributed by atoms with Gasteiger partial charge in [-0.3, -0.25) is 0 Å². The molecule has 322 valence electrons. The molecule has 8 aromatic rings. The van der Waals surface area contributed by atoms with E-state index in [-0.39, 0.29) is 0 Å². The average molecular weight is 876 g/mol. The van der Waals surface area contributed by atoms with Crippen LogP contribution in [0.15, 0.2) is 181 Å². The summed E-state index contributed by atoms with van der Waals surface area (Å²) >= 11 is 1.77. The van der Waals surface area contributed by atoms with Gasteiger partial charge in [-0.1, -0.05) is 177 Å². The second-order valence-corrected chi connectivity index (χ2v) is 17.6. The Balaban J connectivity index is 1.00. The molecule has 0 saturated heterocycles. The van der Waals surface area contributed by atoms with Crippen LogP contribution in [0.25, 0.3) is 85.1 Å². The Labute approximate surface area is 390 Å². The third kappa shape index (κ3) is 8.76. The minimum absolute atomic E-state index is 0.310. The molecule has 0 radical (unpaired) electrons. The fourth-order valence-corrected chi connectivity index (χ4v) is 10.2. The molecule has 0 aliphatic heterocycles. The summed E-state index contributed by atoms with van der Waals surface area (Å²) in [5.41, 5.74) is 10.4. The molecule has 3 heterocycles. The van der Waals surface area contributed by atoms with Gasteiger partial charge in [0.25, 0.3) is 0 Å². The van der Waals surface area contributed by atoms with E-state index in [2.05, 4.69) is 158 Å². The average Bonchev–Trinajstić information content (AvgIpc) is 3.93. The predicted molar refractivity (Wildman–Crippen MR) is 279 cm³/mol. The Morgan fingerprint density at radius 2 is 1.52 bits per heavy atom. The summed E-state index contributed by atoms with van der Waals surface area (Å²) in [6, 6.07) is 41.8. The van der Waals surface area contributed by atoms with E-state index in [4.69, 9.17) is 24.1 Å². The van der Waals surface area contributed by atoms with Crippen LogP contribution in [-0.4, -0.2) is 22.1 Å². The van der Waals surface area contributed by atoms with Crippen molar-refractivity contribution in [1.29, 1.82) is 0 Å². The first-order chi connectivity index (χ1) is 32.6. The van der Waals surface area contributed by atoms with Gasteiger partial charge in [-0.05, 0) is 89.8 Å². The summed E-state index contributed by atoms with van der Waals surface area (Å²) in [6.45, 7) is 6.16. The number of thiophene rings is 1. The van der Waals surface area contributed by atoms with Crippen LogP contribution >= 0.6 is 11.3 Å². The maximum absolute atomic E-state index is 6.26. The van der Waals surface area contributed by atoms with Gasteiger partial charge < -0.3 is 9.15 Å². The standard InChI is InChI=1S/C60H49N3O2S/c1-4-16-48-49-21-9-11-24-52(49)65-53(48)38-31-40-29-32-44(33-30-40)58-51(23-14-25-54(58)64-3)60-62-57(28-15-27-55-47(5-2)50-22-10-12-26-56(50)66-55)61-59(63-60)46-20-13-19-45(39-46)43-36-34-42(35-37-43)41-17-7-6-8-18-41/h4-18,20-27,29-36,38-39,43,45H,2,19,28,37H2,1,3H3/b16-4-,27-15-,38-31+. The number of allylic oxidation sites excluding steroid dienone is 10. The number of ether oxygens (including phenoxy) is 1. The van der Waals surface area contributed by atoms with Crippen molar-refractivity contribution in [1.82, 2.24) is 15.0 Å². The molecule has 0 fully saturated rings. The third-order valence-corrected chi connectivity index (χ3v) is 13.5. The monoisotopic (exact) mass is 875 g/mol. The highest BCUT2D eigenvalue weighted by Gasteiger charge is 2.24. The number of aromatic nitrogens is 3. The van der Waals surface area contributed by atoms with Gasteiger partial charge in [0.2, 0.25) is 0 Å². The zero-order valence-electron chi connectivity index (χ0n) is 37.1. The van der Waals surface area contributed by atoms with Crippen molar-refractivity contribution in [2.75, 3.05) is 7.11 Å². The molecule has 0 N–H and O–H groups in total. The van der Waals surface area contributed by atoms with Crippen molar-refractivity contribution in [2.24, 2.45) is 11.8 Å². The Hall–Kier alpha value is -7.67. The van der Waals surface area contributed by atoms with Crippen molar-refractivity contribution in [3.8, 4) is 28.3 Å². The minimum Gasteiger partial charge on any atom is -0.496 e. The Morgan fingerprint density at radius 1 is 0.712 bits per heavy atom. The van der Waals surface area contributed by atoms with Gasteiger partial charge in [0.15, 0.2) is 11.6 Å². The molecule has 3 aromatic heterocycles. The van der Waals surface area contributed by atoms with Gasteiger partial charge in [0.05, 0.1) is 7.11 Å². The molecular weight excluding hydrogens is 827 g/mol. The highest BCUT2D eigenvalue weighted by Crippen LogP contribution is 2.40. The smallest absolute Gasteiger partial charge is 0.164 e. The topological polar surface area (TPSA) is 61.0 Å². The second kappa shape index (κ2) is 19.2. The van der Waals surface area contributed by atoms with Crippen molar-refractivity contribution in [3.63, 3.8) is 0 Å². The molecule has 0 spiro atoms. The summed E-state index contributed by atoms with van der Waals surface area (Å²) in [5.74, 6) is 4.20. The van der Waals surface area contributed by atoms with Gasteiger partial charge in [0, 0.05) is 49.0 Å². The third-order valence-electron chi connectivity index (χ3n) is 12.4. The maximum Gasteiger partial charge on any atom is 0.164 e. The number of methoxy groups -OCH3 is 1. The SMILES string of the molecule is C=Cc1c(/C=C\Cc2nc(C3=CC(C4C=CC(c5ccccc5)=CC4)CC=C3)nc(-c3cccc(OC)c3-c3ccc(/C=C/c4oc5ccccc5c4/C=C\C)cc3)n2)sc2ccccc12. The van der Waals surface area contributed by atoms with Crippen molar-refractivity contribution >= 4 is 73.9 Å². The molecule has 2 atom stereocenters. The van der Waals surface area contributed by atoms with Crippen LogP contribution in [0.5, 0.6) is 5.75 Å². The largest absolute Gasteiger partial charge is 0.496 e. The summed E-state index contributed by atoms with van der Waals surface area (Å²) in [6.07, 6.45) is 30.9. The highest BCUT2D eigenvalue weighted by molar-refractivity contribution is 7.20. The first-order valence-corrected chi connectivity index (χ1v) is 23.4. The molecule has 0 saturated carbocycles. The van der Waals surface area contributed by atoms with Gasteiger partial charge >= 0.3 is 0 Å². The molecule has 2 unspecified atom stereocenters. The lowest BCUT2D eigenvalue weighted by Gasteiger charge is -2.25. The van der Waals surface area contributed by atoms with Crippen LogP contribution in [0.3, 0.4) is 0 Å². The number of hydrogen-bond acceptors (Lipinski definition) is 6. The molecule has 2 aliphatic carbocycles. The molecule has 0 amide bonds. The lowest BCUT2D eigenvalue weighted by molar-refractivity contribution is 0.416. The predicted octanol–water partition coefficient (Wildman–Crippen LogP) is 15.9. The number of rotatable bonds is 13. The number of furan rings is 1. The number of nitrogens with zero attached hydrogens (tertiary/aromatic N) is 3. The van der Waals surface area contributed by atoms with E-state index in [9.17, 15) is 0 Å². The summed E-state index contributed by atoms with van der Waals surface area (Å²) in [4.78, 5) is 16.8. The molecule has 10 rings (SSSR count). The molecular formula is C60H49N3O2S. The van der Waals surface area contributed by atoms with Crippen LogP contribution in [0.1, 0.15) is 64.3 Å². The van der Waals surface area contributed by atoms with Crippen molar-refractivity contribution < 1.29 is 9.15 Å². The van der Waals surface area contributed by atoms with Crippen molar-refractivity contribution in [2.45, 2.75) is 26.2 Å². The van der Waals surface area contributed by atoms with Crippen LogP contribution in [0.2, 0.25) is 0 Å². The quantitative estimate of drug-likeness (QED) is 0.115. The normalized spacial score (nSPS) is 16.2. The molecule has 2 aliphatic rings. The molecule has 6 heteroatoms. The number of fused-ring (bicyclic) bond motifs is 2. The molecule has 66 heavy (non-hydrogen) atoms. The van der Waals surface area contributed by atoms with Crippen LogP contribution in [0, 0.1) is 11.8 Å². The summed E-state index contributed by atoms with van der Waals surface area (Å²) in [7, 11) is 1.71. The maximum atomic E-state index is 6.26. The van der Waals surface area contributed by atoms with E-state index in [1.807, 2.05) is 55.5 Å². The lowest BCUT2D eigenvalue weighted by Crippen LogP contribution is -2.14. The van der Waals surface area contributed by atoms with Gasteiger partial charge in [-0.2, -0.15) is 0 Å². The van der Waals surface area contributed by atoms with Gasteiger partial charge in [0.1, 0.15) is 22.9 Å². The summed E-state index contributed by atoms with van der Waals surface area (Å²) in [5, 5.41) is 2.31. The Bertz CT molecular complexity index is 3300. The molecule has 5 aromatic carbocycles. The van der Waals surface area contributed by atoms with E-state index < -0.39 is 0 Å². The van der Waals surface area contributed by atoms with E-state index in [1.54, 1.807) is 18.4 Å². The number of benzene rings is 5. The van der Waals surface area contributed by atoms with Crippen LogP contribution in [0.4, 0.5) is 0 Å². The van der Waals surface area contributed by atoms with E-state index >= 15 is 0 Å². The zero-order chi connectivity index (χ0) is 44.8. The first kappa shape index (κ1) is 42.3. The molecule has 5 nitrogen and oxygen atoms in total. The van der Waals surface area contributed by atoms with E-state index in [0.29, 0.717) is 35.7 Å². The fourth-order valence-electron chi connectivity index (χ4n) is 9.07. The number of hydrogen-bond donors (Lipinski definition) is 0. The van der Waals surface area contributed by atoms with Crippen molar-refractivity contribution in [3.05, 3.63) is 221 Å². The van der Waals surface area contributed by atoms with Gasteiger partial charge in [-0.15, -0.1) is 11.3 Å². The second-order valence-electron chi connectivity index (χ2n) is 16.5.